The monoisotopic (exact) mass is 468 g/mol. The maximum atomic E-state index is 12.9. The number of rotatable bonds is 10. The number of aliphatic hydroxyl groups is 1. The van der Waals surface area contributed by atoms with Crippen LogP contribution in [-0.2, 0) is 28.9 Å². The number of carboxylic acid groups (broad SMARTS) is 1. The Bertz CT molecular complexity index is 1010. The lowest BCUT2D eigenvalue weighted by Gasteiger charge is -2.28. The average Bonchev–Trinajstić information content (AvgIpc) is 3.26. The van der Waals surface area contributed by atoms with Crippen LogP contribution in [0.5, 0.6) is 5.75 Å². The van der Waals surface area contributed by atoms with E-state index in [4.69, 9.17) is 4.74 Å². The number of fused-ring (bicyclic) bond motifs is 1. The molecule has 0 aliphatic heterocycles. The number of urea groups is 1. The highest BCUT2D eigenvalue weighted by Gasteiger charge is 2.28. The second kappa shape index (κ2) is 11.7. The van der Waals surface area contributed by atoms with Crippen LogP contribution in [0.15, 0.2) is 48.5 Å². The molecular formula is C26H32N2O6. The van der Waals surface area contributed by atoms with Gasteiger partial charge in [-0.1, -0.05) is 50.2 Å². The molecule has 34 heavy (non-hydrogen) atoms. The quantitative estimate of drug-likeness (QED) is 0.365. The van der Waals surface area contributed by atoms with Gasteiger partial charge in [-0.15, -0.1) is 0 Å². The molecule has 2 amide bonds. The predicted molar refractivity (Wildman–Crippen MR) is 127 cm³/mol. The molecule has 0 bridgehead atoms. The van der Waals surface area contributed by atoms with Gasteiger partial charge in [0, 0.05) is 13.0 Å². The molecule has 8 heteroatoms. The Morgan fingerprint density at radius 1 is 1.03 bits per heavy atom. The maximum absolute atomic E-state index is 12.9. The van der Waals surface area contributed by atoms with E-state index in [9.17, 15) is 24.6 Å². The first-order chi connectivity index (χ1) is 16.2. The summed E-state index contributed by atoms with van der Waals surface area (Å²) in [6.07, 6.45) is 1.54. The zero-order valence-electron chi connectivity index (χ0n) is 19.6. The fourth-order valence-electron chi connectivity index (χ4n) is 4.05. The van der Waals surface area contributed by atoms with Gasteiger partial charge in [-0.2, -0.15) is 0 Å². The van der Waals surface area contributed by atoms with E-state index in [0.29, 0.717) is 5.75 Å². The standard InChI is InChI=1S/C26H32N2O6/c1-17(2)15-28(26(33)27-22(24(30)31)13-18-7-4-3-5-8-18)16-23(29)25(32)34-21-12-11-19-9-6-10-20(19)14-21/h3-5,7-8,11-12,14,17,22-23,29H,6,9-10,13,15-16H2,1-2H3,(H,27,33)(H,30,31)/t22-,23-/m0/s1. The number of hydrogen-bond donors (Lipinski definition) is 3. The molecule has 0 fully saturated rings. The molecule has 3 N–H and O–H groups in total. The van der Waals surface area contributed by atoms with Crippen LogP contribution in [-0.4, -0.2) is 58.3 Å². The van der Waals surface area contributed by atoms with Crippen molar-refractivity contribution in [3.05, 3.63) is 65.2 Å². The molecule has 0 spiro atoms. The maximum Gasteiger partial charge on any atom is 0.342 e. The number of nitrogens with one attached hydrogen (secondary N) is 1. The van der Waals surface area contributed by atoms with Crippen molar-refractivity contribution in [3.8, 4) is 5.75 Å². The van der Waals surface area contributed by atoms with Crippen LogP contribution in [0, 0.1) is 5.92 Å². The minimum atomic E-state index is -1.57. The van der Waals surface area contributed by atoms with E-state index in [2.05, 4.69) is 5.32 Å². The lowest BCUT2D eigenvalue weighted by atomic mass is 10.1. The van der Waals surface area contributed by atoms with Crippen molar-refractivity contribution >= 4 is 18.0 Å². The highest BCUT2D eigenvalue weighted by molar-refractivity contribution is 5.84. The molecular weight excluding hydrogens is 436 g/mol. The Hall–Kier alpha value is -3.39. The Labute approximate surface area is 199 Å². The first kappa shape index (κ1) is 25.2. The van der Waals surface area contributed by atoms with Gasteiger partial charge in [0.05, 0.1) is 6.54 Å². The number of aryl methyl sites for hydroxylation is 2. The van der Waals surface area contributed by atoms with Crippen molar-refractivity contribution in [1.82, 2.24) is 10.2 Å². The number of carbonyl (C=O) groups is 3. The molecule has 2 aromatic carbocycles. The molecule has 0 saturated carbocycles. The summed E-state index contributed by atoms with van der Waals surface area (Å²) >= 11 is 0. The summed E-state index contributed by atoms with van der Waals surface area (Å²) in [5.74, 6) is -1.64. The van der Waals surface area contributed by atoms with Crippen LogP contribution in [0.4, 0.5) is 4.79 Å². The minimum Gasteiger partial charge on any atom is -0.480 e. The number of hydrogen-bond acceptors (Lipinski definition) is 5. The first-order valence-electron chi connectivity index (χ1n) is 11.6. The van der Waals surface area contributed by atoms with Gasteiger partial charge in [0.1, 0.15) is 11.8 Å². The van der Waals surface area contributed by atoms with Gasteiger partial charge in [-0.25, -0.2) is 14.4 Å². The highest BCUT2D eigenvalue weighted by atomic mass is 16.5. The molecule has 0 aromatic heterocycles. The molecule has 3 rings (SSSR count). The van der Waals surface area contributed by atoms with Crippen LogP contribution in [0.3, 0.4) is 0 Å². The molecule has 0 heterocycles. The van der Waals surface area contributed by atoms with Crippen molar-refractivity contribution in [2.24, 2.45) is 5.92 Å². The molecule has 2 aromatic rings. The Kier molecular flexibility index (Phi) is 8.65. The van der Waals surface area contributed by atoms with Crippen LogP contribution < -0.4 is 10.1 Å². The van der Waals surface area contributed by atoms with Crippen LogP contribution >= 0.6 is 0 Å². The van der Waals surface area contributed by atoms with Crippen LogP contribution in [0.1, 0.15) is 37.0 Å². The lowest BCUT2D eigenvalue weighted by molar-refractivity contribution is -0.144. The second-order valence-electron chi connectivity index (χ2n) is 9.05. The predicted octanol–water partition coefficient (Wildman–Crippen LogP) is 2.81. The van der Waals surface area contributed by atoms with E-state index in [-0.39, 0.29) is 25.4 Å². The number of esters is 1. The van der Waals surface area contributed by atoms with Gasteiger partial charge in [-0.3, -0.25) is 0 Å². The summed E-state index contributed by atoms with van der Waals surface area (Å²) in [7, 11) is 0. The Morgan fingerprint density at radius 3 is 2.41 bits per heavy atom. The molecule has 0 saturated heterocycles. The molecule has 2 atom stereocenters. The molecule has 0 radical (unpaired) electrons. The normalized spacial score (nSPS) is 14.2. The highest BCUT2D eigenvalue weighted by Crippen LogP contribution is 2.26. The third kappa shape index (κ3) is 7.05. The van der Waals surface area contributed by atoms with Gasteiger partial charge < -0.3 is 25.2 Å². The Morgan fingerprint density at radius 2 is 1.74 bits per heavy atom. The molecule has 1 aliphatic carbocycles. The van der Waals surface area contributed by atoms with Gasteiger partial charge >= 0.3 is 18.0 Å². The summed E-state index contributed by atoms with van der Waals surface area (Å²) in [5.41, 5.74) is 3.14. The fourth-order valence-corrected chi connectivity index (χ4v) is 4.05. The number of ether oxygens (including phenoxy) is 1. The lowest BCUT2D eigenvalue weighted by Crippen LogP contribution is -2.52. The minimum absolute atomic E-state index is 0.0306. The van der Waals surface area contributed by atoms with Gasteiger partial charge in [0.25, 0.3) is 0 Å². The van der Waals surface area contributed by atoms with Crippen molar-refractivity contribution in [1.29, 1.82) is 0 Å². The molecule has 182 valence electrons. The third-order valence-corrected chi connectivity index (χ3v) is 5.71. The number of carboxylic acids is 1. The third-order valence-electron chi connectivity index (χ3n) is 5.71. The number of benzene rings is 2. The largest absolute Gasteiger partial charge is 0.480 e. The van der Waals surface area contributed by atoms with E-state index < -0.39 is 30.1 Å². The zero-order valence-corrected chi connectivity index (χ0v) is 19.6. The van der Waals surface area contributed by atoms with E-state index in [1.54, 1.807) is 30.3 Å². The number of nitrogens with zero attached hydrogens (tertiary/aromatic N) is 1. The van der Waals surface area contributed by atoms with E-state index >= 15 is 0 Å². The number of aliphatic hydroxyl groups excluding tert-OH is 1. The molecule has 1 aliphatic rings. The average molecular weight is 469 g/mol. The second-order valence-corrected chi connectivity index (χ2v) is 9.05. The topological polar surface area (TPSA) is 116 Å². The number of aliphatic carboxylic acids is 1. The van der Waals surface area contributed by atoms with Crippen molar-refractivity contribution < 1.29 is 29.3 Å². The number of amides is 2. The zero-order chi connectivity index (χ0) is 24.7. The van der Waals surface area contributed by atoms with E-state index in [0.717, 1.165) is 30.4 Å². The summed E-state index contributed by atoms with van der Waals surface area (Å²) < 4.78 is 5.34. The summed E-state index contributed by atoms with van der Waals surface area (Å²) in [6, 6.07) is 12.6. The fraction of sp³-hybridized carbons (Fsp3) is 0.423. The van der Waals surface area contributed by atoms with Crippen LogP contribution in [0.25, 0.3) is 0 Å². The van der Waals surface area contributed by atoms with Gasteiger partial charge in [-0.05, 0) is 54.0 Å². The summed E-state index contributed by atoms with van der Waals surface area (Å²) in [4.78, 5) is 38.4. The Balaban J connectivity index is 1.63. The SMILES string of the molecule is CC(C)CN(C[C@H](O)C(=O)Oc1ccc2c(c1)CCC2)C(=O)N[C@@H](Cc1ccccc1)C(=O)O. The van der Waals surface area contributed by atoms with E-state index in [1.165, 1.54) is 10.5 Å². The number of carbonyl (C=O) groups excluding carboxylic acids is 2. The first-order valence-corrected chi connectivity index (χ1v) is 11.6. The van der Waals surface area contributed by atoms with Crippen molar-refractivity contribution in [2.75, 3.05) is 13.1 Å². The van der Waals surface area contributed by atoms with Crippen molar-refractivity contribution in [3.63, 3.8) is 0 Å². The molecule has 0 unspecified atom stereocenters. The van der Waals surface area contributed by atoms with Crippen LogP contribution in [0.2, 0.25) is 0 Å². The van der Waals surface area contributed by atoms with Gasteiger partial charge in [0.15, 0.2) is 6.10 Å². The smallest absolute Gasteiger partial charge is 0.342 e. The summed E-state index contributed by atoms with van der Waals surface area (Å²) in [5, 5.41) is 22.6. The molecule has 8 nitrogen and oxygen atoms in total. The van der Waals surface area contributed by atoms with Gasteiger partial charge in [0.2, 0.25) is 0 Å². The summed E-state index contributed by atoms with van der Waals surface area (Å²) in [6.45, 7) is 3.68. The van der Waals surface area contributed by atoms with E-state index in [1.807, 2.05) is 32.0 Å². The van der Waals surface area contributed by atoms with Crippen molar-refractivity contribution in [2.45, 2.75) is 51.7 Å².